The van der Waals surface area contributed by atoms with Gasteiger partial charge in [0.25, 0.3) is 0 Å². The van der Waals surface area contributed by atoms with E-state index in [2.05, 4.69) is 6.92 Å². The van der Waals surface area contributed by atoms with Gasteiger partial charge in [-0.05, 0) is 46.3 Å². The van der Waals surface area contributed by atoms with Crippen LogP contribution in [0.4, 0.5) is 4.79 Å². The number of amides is 1. The monoisotopic (exact) mass is 272 g/mol. The first-order valence-corrected chi connectivity index (χ1v) is 7.66. The van der Waals surface area contributed by atoms with Gasteiger partial charge in [0.2, 0.25) is 0 Å². The minimum Gasteiger partial charge on any atom is -0.444 e. The van der Waals surface area contributed by atoms with Crippen LogP contribution in [-0.4, -0.2) is 40.0 Å². The normalized spacial score (nSPS) is 24.2. The number of nitrogens with one attached hydrogen (secondary N) is 1. The van der Waals surface area contributed by atoms with Crippen LogP contribution in [0.3, 0.4) is 0 Å². The zero-order valence-electron chi connectivity index (χ0n) is 11.9. The third kappa shape index (κ3) is 3.64. The molecule has 1 aliphatic heterocycles. The minimum absolute atomic E-state index is 0.0974. The maximum Gasteiger partial charge on any atom is 0.411 e. The van der Waals surface area contributed by atoms with Gasteiger partial charge in [-0.3, -0.25) is 10.3 Å². The van der Waals surface area contributed by atoms with E-state index in [0.717, 1.165) is 19.3 Å². The van der Waals surface area contributed by atoms with E-state index < -0.39 is 5.60 Å². The van der Waals surface area contributed by atoms with Gasteiger partial charge >= 0.3 is 6.09 Å². The molecule has 0 aliphatic carbocycles. The predicted molar refractivity (Wildman–Crippen MR) is 76.4 cm³/mol. The minimum atomic E-state index is -0.482. The van der Waals surface area contributed by atoms with Crippen LogP contribution in [0.25, 0.3) is 0 Å². The molecule has 1 aliphatic rings. The van der Waals surface area contributed by atoms with Crippen molar-refractivity contribution in [3.8, 4) is 0 Å². The highest BCUT2D eigenvalue weighted by molar-refractivity contribution is 8.13. The molecule has 1 heterocycles. The van der Waals surface area contributed by atoms with E-state index in [9.17, 15) is 4.79 Å². The second-order valence-corrected chi connectivity index (χ2v) is 6.46. The lowest BCUT2D eigenvalue weighted by Gasteiger charge is -2.32. The Kier molecular flexibility index (Phi) is 5.08. The molecule has 104 valence electrons. The summed E-state index contributed by atoms with van der Waals surface area (Å²) in [6, 6.07) is 0.108. The van der Waals surface area contributed by atoms with Crippen LogP contribution in [0.15, 0.2) is 0 Å². The van der Waals surface area contributed by atoms with E-state index in [1.165, 1.54) is 11.8 Å². The van der Waals surface area contributed by atoms with Gasteiger partial charge < -0.3 is 4.74 Å². The summed E-state index contributed by atoms with van der Waals surface area (Å²) < 4.78 is 5.46. The Bertz CT molecular complexity index is 325. The highest BCUT2D eigenvalue weighted by Crippen LogP contribution is 2.30. The predicted octanol–water partition coefficient (Wildman–Crippen LogP) is 3.50. The first kappa shape index (κ1) is 15.3. The molecule has 2 atom stereocenters. The van der Waals surface area contributed by atoms with Crippen molar-refractivity contribution in [2.24, 2.45) is 0 Å². The van der Waals surface area contributed by atoms with Crippen molar-refractivity contribution in [2.45, 2.75) is 64.6 Å². The van der Waals surface area contributed by atoms with Crippen LogP contribution in [0.5, 0.6) is 0 Å². The van der Waals surface area contributed by atoms with Gasteiger partial charge in [0, 0.05) is 6.04 Å². The molecule has 0 spiro atoms. The molecule has 2 unspecified atom stereocenters. The van der Waals surface area contributed by atoms with Crippen molar-refractivity contribution in [2.75, 3.05) is 6.26 Å². The fourth-order valence-electron chi connectivity index (χ4n) is 2.27. The zero-order chi connectivity index (χ0) is 13.9. The van der Waals surface area contributed by atoms with Gasteiger partial charge in [0.05, 0.1) is 11.1 Å². The average molecular weight is 272 g/mol. The Labute approximate surface area is 114 Å². The van der Waals surface area contributed by atoms with Crippen LogP contribution in [0, 0.1) is 5.41 Å². The van der Waals surface area contributed by atoms with Crippen molar-refractivity contribution in [1.82, 2.24) is 4.90 Å². The molecule has 4 nitrogen and oxygen atoms in total. The SMILES string of the molecule is CCC1CCC(C(=N)SC)N1C(=O)OC(C)(C)C. The van der Waals surface area contributed by atoms with Gasteiger partial charge in [0.1, 0.15) is 5.60 Å². The zero-order valence-corrected chi connectivity index (χ0v) is 12.8. The van der Waals surface area contributed by atoms with Gasteiger partial charge in [-0.1, -0.05) is 6.92 Å². The molecule has 5 heteroatoms. The number of hydrogen-bond donors (Lipinski definition) is 1. The summed E-state index contributed by atoms with van der Waals surface area (Å²) in [5.41, 5.74) is -0.482. The van der Waals surface area contributed by atoms with Crippen molar-refractivity contribution >= 4 is 22.9 Å². The molecule has 0 aromatic heterocycles. The Balaban J connectivity index is 2.84. The Hall–Kier alpha value is -0.710. The molecule has 1 N–H and O–H groups in total. The van der Waals surface area contributed by atoms with Gasteiger partial charge in [-0.2, -0.15) is 0 Å². The van der Waals surface area contributed by atoms with Crippen molar-refractivity contribution in [1.29, 1.82) is 5.41 Å². The van der Waals surface area contributed by atoms with Crippen molar-refractivity contribution < 1.29 is 9.53 Å². The fourth-order valence-corrected chi connectivity index (χ4v) is 2.77. The third-order valence-electron chi connectivity index (χ3n) is 3.10. The number of carbonyl (C=O) groups excluding carboxylic acids is 1. The lowest BCUT2D eigenvalue weighted by Crippen LogP contribution is -2.46. The summed E-state index contributed by atoms with van der Waals surface area (Å²) in [7, 11) is 0. The number of nitrogens with zero attached hydrogens (tertiary/aromatic N) is 1. The molecular weight excluding hydrogens is 248 g/mol. The number of hydrogen-bond acceptors (Lipinski definition) is 4. The summed E-state index contributed by atoms with van der Waals surface area (Å²) in [6.45, 7) is 7.69. The summed E-state index contributed by atoms with van der Waals surface area (Å²) >= 11 is 1.41. The van der Waals surface area contributed by atoms with Crippen LogP contribution in [0.2, 0.25) is 0 Å². The molecule has 1 saturated heterocycles. The highest BCUT2D eigenvalue weighted by Gasteiger charge is 2.40. The van der Waals surface area contributed by atoms with Crippen molar-refractivity contribution in [3.05, 3.63) is 0 Å². The Morgan fingerprint density at radius 3 is 2.50 bits per heavy atom. The van der Waals surface area contributed by atoms with Gasteiger partial charge in [-0.25, -0.2) is 4.79 Å². The fraction of sp³-hybridized carbons (Fsp3) is 0.846. The van der Waals surface area contributed by atoms with E-state index in [1.54, 1.807) is 4.90 Å². The van der Waals surface area contributed by atoms with E-state index in [0.29, 0.717) is 5.04 Å². The highest BCUT2D eigenvalue weighted by atomic mass is 32.2. The molecule has 1 amide bonds. The molecular formula is C13H24N2O2S. The quantitative estimate of drug-likeness (QED) is 0.618. The Morgan fingerprint density at radius 2 is 2.06 bits per heavy atom. The lowest BCUT2D eigenvalue weighted by molar-refractivity contribution is 0.0191. The topological polar surface area (TPSA) is 53.4 Å². The maximum atomic E-state index is 12.3. The van der Waals surface area contributed by atoms with Gasteiger partial charge in [-0.15, -0.1) is 11.8 Å². The van der Waals surface area contributed by atoms with E-state index in [4.69, 9.17) is 10.1 Å². The number of thioether (sulfide) groups is 1. The molecule has 1 fully saturated rings. The summed E-state index contributed by atoms with van der Waals surface area (Å²) in [5.74, 6) is 0. The number of likely N-dealkylation sites (tertiary alicyclic amines) is 1. The van der Waals surface area contributed by atoms with E-state index >= 15 is 0 Å². The molecule has 1 rings (SSSR count). The second kappa shape index (κ2) is 5.95. The summed E-state index contributed by atoms with van der Waals surface area (Å²) in [6.07, 6.45) is 4.35. The largest absolute Gasteiger partial charge is 0.444 e. The van der Waals surface area contributed by atoms with Gasteiger partial charge in [0.15, 0.2) is 0 Å². The standard InChI is InChI=1S/C13H24N2O2S/c1-6-9-7-8-10(11(14)18-5)15(9)12(16)17-13(2,3)4/h9-10,14H,6-8H2,1-5H3. The molecule has 18 heavy (non-hydrogen) atoms. The number of rotatable bonds is 2. The first-order valence-electron chi connectivity index (χ1n) is 6.44. The van der Waals surface area contributed by atoms with Crippen LogP contribution < -0.4 is 0 Å². The molecule has 0 saturated carbocycles. The smallest absolute Gasteiger partial charge is 0.411 e. The van der Waals surface area contributed by atoms with Crippen molar-refractivity contribution in [3.63, 3.8) is 0 Å². The maximum absolute atomic E-state index is 12.3. The van der Waals surface area contributed by atoms with E-state index in [-0.39, 0.29) is 18.2 Å². The first-order chi connectivity index (χ1) is 8.30. The Morgan fingerprint density at radius 1 is 1.44 bits per heavy atom. The van der Waals surface area contributed by atoms with Crippen LogP contribution in [0.1, 0.15) is 47.0 Å². The lowest BCUT2D eigenvalue weighted by atomic mass is 10.1. The summed E-state index contributed by atoms with van der Waals surface area (Å²) in [4.78, 5) is 14.0. The number of ether oxygens (including phenoxy) is 1. The molecule has 0 aromatic carbocycles. The van der Waals surface area contributed by atoms with Crippen LogP contribution in [-0.2, 0) is 4.74 Å². The molecule has 0 bridgehead atoms. The summed E-state index contributed by atoms with van der Waals surface area (Å²) in [5, 5.41) is 8.52. The van der Waals surface area contributed by atoms with E-state index in [1.807, 2.05) is 27.0 Å². The second-order valence-electron chi connectivity index (χ2n) is 5.61. The number of carbonyl (C=O) groups is 1. The van der Waals surface area contributed by atoms with Crippen LogP contribution >= 0.6 is 11.8 Å². The third-order valence-corrected chi connectivity index (χ3v) is 3.81. The average Bonchev–Trinajstić information content (AvgIpc) is 2.69. The molecule has 0 aromatic rings. The molecule has 0 radical (unpaired) electrons.